The van der Waals surface area contributed by atoms with E-state index in [2.05, 4.69) is 10.6 Å². The summed E-state index contributed by atoms with van der Waals surface area (Å²) in [6.07, 6.45) is 0. The van der Waals surface area contributed by atoms with Crippen molar-refractivity contribution in [2.75, 3.05) is 26.2 Å². The van der Waals surface area contributed by atoms with Crippen molar-refractivity contribution >= 4 is 10.1 Å². The van der Waals surface area contributed by atoms with Crippen molar-refractivity contribution < 1.29 is 13.0 Å². The molecule has 0 saturated carbocycles. The molecule has 2 fully saturated rings. The van der Waals surface area contributed by atoms with Crippen LogP contribution in [0.5, 0.6) is 0 Å². The van der Waals surface area contributed by atoms with E-state index in [9.17, 15) is 8.42 Å². The van der Waals surface area contributed by atoms with Gasteiger partial charge in [0.15, 0.2) is 0 Å². The lowest BCUT2D eigenvalue weighted by Gasteiger charge is -2.01. The van der Waals surface area contributed by atoms with Crippen LogP contribution in [0.1, 0.15) is 5.56 Å². The Hall–Kier alpha value is -0.950. The largest absolute Gasteiger partial charge is 0.316 e. The molecule has 0 amide bonds. The van der Waals surface area contributed by atoms with Crippen LogP contribution in [0.25, 0.3) is 0 Å². The third-order valence-electron chi connectivity index (χ3n) is 3.61. The minimum atomic E-state index is -4.02. The first kappa shape index (κ1) is 14.5. The highest BCUT2D eigenvalue weighted by Gasteiger charge is 2.30. The summed E-state index contributed by atoms with van der Waals surface area (Å²) in [5, 5.41) is 6.77. The lowest BCUT2D eigenvalue weighted by Crippen LogP contribution is -2.19. The topological polar surface area (TPSA) is 78.4 Å². The number of hydrogen-bond donors (Lipinski definition) is 3. The summed E-state index contributed by atoms with van der Waals surface area (Å²) in [7, 11) is -4.02. The fourth-order valence-electron chi connectivity index (χ4n) is 2.43. The lowest BCUT2D eigenvalue weighted by molar-refractivity contribution is 0.483. The molecule has 0 unspecified atom stereocenters. The van der Waals surface area contributed by atoms with E-state index in [4.69, 9.17) is 4.55 Å². The van der Waals surface area contributed by atoms with Gasteiger partial charge in [-0.05, 0) is 57.1 Å². The second kappa shape index (κ2) is 6.00. The van der Waals surface area contributed by atoms with Crippen LogP contribution in [0, 0.1) is 18.8 Å². The molecule has 0 spiro atoms. The molecule has 0 radical (unpaired) electrons. The summed E-state index contributed by atoms with van der Waals surface area (Å²) < 4.78 is 29.6. The molecule has 19 heavy (non-hydrogen) atoms. The Bertz CT molecular complexity index is 493. The van der Waals surface area contributed by atoms with Crippen LogP contribution in [0.15, 0.2) is 29.2 Å². The number of nitrogens with one attached hydrogen (secondary N) is 2. The molecule has 0 aliphatic carbocycles. The molecule has 5 nitrogen and oxygen atoms in total. The normalized spacial score (nSPS) is 25.6. The summed E-state index contributed by atoms with van der Waals surface area (Å²) in [4.78, 5) is -0.0666. The van der Waals surface area contributed by atoms with Gasteiger partial charge >= 0.3 is 0 Å². The molecule has 106 valence electrons. The molecule has 3 N–H and O–H groups in total. The number of fused-ring (bicyclic) bond motifs is 1. The highest BCUT2D eigenvalue weighted by molar-refractivity contribution is 7.85. The number of hydrogen-bond acceptors (Lipinski definition) is 4. The summed E-state index contributed by atoms with van der Waals surface area (Å²) in [6, 6.07) is 5.99. The second-order valence-corrected chi connectivity index (χ2v) is 6.55. The van der Waals surface area contributed by atoms with E-state index in [0.717, 1.165) is 17.4 Å². The van der Waals surface area contributed by atoms with Crippen molar-refractivity contribution in [3.8, 4) is 0 Å². The van der Waals surface area contributed by atoms with Crippen molar-refractivity contribution in [2.24, 2.45) is 11.8 Å². The van der Waals surface area contributed by atoms with Crippen molar-refractivity contribution in [3.63, 3.8) is 0 Å². The average Bonchev–Trinajstić information content (AvgIpc) is 2.91. The standard InChI is InChI=1S/C7H8O3S.C6H12N2/c1-6-2-4-7(5-3-6)11(8,9)10;1-5-2-8-4-6(5)3-7-1/h2-5H,1H3,(H,8,9,10);5-8H,1-4H2. The van der Waals surface area contributed by atoms with E-state index >= 15 is 0 Å². The highest BCUT2D eigenvalue weighted by Crippen LogP contribution is 2.19. The fourth-order valence-corrected chi connectivity index (χ4v) is 2.91. The smallest absolute Gasteiger partial charge is 0.294 e. The third-order valence-corrected chi connectivity index (χ3v) is 4.48. The maximum absolute atomic E-state index is 10.5. The van der Waals surface area contributed by atoms with Gasteiger partial charge in [-0.3, -0.25) is 4.55 Å². The van der Waals surface area contributed by atoms with Crippen LogP contribution in [-0.4, -0.2) is 39.1 Å². The molecule has 3 rings (SSSR count). The van der Waals surface area contributed by atoms with Gasteiger partial charge in [0.1, 0.15) is 0 Å². The van der Waals surface area contributed by atoms with Gasteiger partial charge in [-0.25, -0.2) is 0 Å². The predicted octanol–water partition coefficient (Wildman–Crippen LogP) is 0.667. The predicted molar refractivity (Wildman–Crippen MR) is 73.7 cm³/mol. The third kappa shape index (κ3) is 4.01. The fraction of sp³-hybridized carbons (Fsp3) is 0.538. The number of aryl methyl sites for hydroxylation is 1. The Morgan fingerprint density at radius 2 is 1.42 bits per heavy atom. The Morgan fingerprint density at radius 1 is 1.00 bits per heavy atom. The first-order chi connectivity index (χ1) is 8.97. The van der Waals surface area contributed by atoms with E-state index < -0.39 is 10.1 Å². The summed E-state index contributed by atoms with van der Waals surface area (Å²) >= 11 is 0. The summed E-state index contributed by atoms with van der Waals surface area (Å²) in [5.41, 5.74) is 0.956. The molecular weight excluding hydrogens is 264 g/mol. The van der Waals surface area contributed by atoms with Crippen molar-refractivity contribution in [3.05, 3.63) is 29.8 Å². The molecule has 2 saturated heterocycles. The molecule has 0 atom stereocenters. The molecule has 0 aromatic heterocycles. The number of rotatable bonds is 1. The van der Waals surface area contributed by atoms with E-state index in [1.807, 2.05) is 6.92 Å². The highest BCUT2D eigenvalue weighted by atomic mass is 32.2. The van der Waals surface area contributed by atoms with Gasteiger partial charge in [0.05, 0.1) is 4.90 Å². The van der Waals surface area contributed by atoms with Gasteiger partial charge in [-0.2, -0.15) is 8.42 Å². The second-order valence-electron chi connectivity index (χ2n) is 5.12. The molecule has 2 heterocycles. The van der Waals surface area contributed by atoms with E-state index in [-0.39, 0.29) is 4.90 Å². The first-order valence-electron chi connectivity index (χ1n) is 6.42. The molecule has 1 aromatic rings. The first-order valence-corrected chi connectivity index (χ1v) is 7.86. The van der Waals surface area contributed by atoms with E-state index in [1.54, 1.807) is 12.1 Å². The van der Waals surface area contributed by atoms with Crippen molar-refractivity contribution in [2.45, 2.75) is 11.8 Å². The molecule has 0 bridgehead atoms. The zero-order valence-corrected chi connectivity index (χ0v) is 11.8. The van der Waals surface area contributed by atoms with Gasteiger partial charge in [-0.1, -0.05) is 17.7 Å². The molecule has 2 aliphatic heterocycles. The van der Waals surface area contributed by atoms with Crippen molar-refractivity contribution in [1.82, 2.24) is 10.6 Å². The van der Waals surface area contributed by atoms with Gasteiger partial charge in [0.25, 0.3) is 10.1 Å². The zero-order valence-electron chi connectivity index (χ0n) is 11.0. The Balaban J connectivity index is 0.000000146. The molecule has 6 heteroatoms. The van der Waals surface area contributed by atoms with Gasteiger partial charge in [0, 0.05) is 0 Å². The monoisotopic (exact) mass is 284 g/mol. The number of benzene rings is 1. The summed E-state index contributed by atoms with van der Waals surface area (Å²) in [6.45, 7) is 6.83. The van der Waals surface area contributed by atoms with E-state index in [0.29, 0.717) is 0 Å². The van der Waals surface area contributed by atoms with Gasteiger partial charge in [0.2, 0.25) is 0 Å². The Morgan fingerprint density at radius 3 is 1.79 bits per heavy atom. The van der Waals surface area contributed by atoms with Crippen LogP contribution in [0.2, 0.25) is 0 Å². The Labute approximate surface area is 114 Å². The van der Waals surface area contributed by atoms with Crippen molar-refractivity contribution in [1.29, 1.82) is 0 Å². The maximum atomic E-state index is 10.5. The van der Waals surface area contributed by atoms with Crippen LogP contribution < -0.4 is 10.6 Å². The zero-order chi connectivity index (χ0) is 13.9. The Kier molecular flexibility index (Phi) is 4.57. The summed E-state index contributed by atoms with van der Waals surface area (Å²) in [5.74, 6) is 1.91. The minimum Gasteiger partial charge on any atom is -0.316 e. The molecular formula is C13H20N2O3S. The maximum Gasteiger partial charge on any atom is 0.294 e. The van der Waals surface area contributed by atoms with Gasteiger partial charge < -0.3 is 10.6 Å². The van der Waals surface area contributed by atoms with Crippen LogP contribution in [0.4, 0.5) is 0 Å². The average molecular weight is 284 g/mol. The molecule has 1 aromatic carbocycles. The SMILES string of the molecule is C1NCC2CNCC12.Cc1ccc(S(=O)(=O)O)cc1. The molecule has 2 aliphatic rings. The lowest BCUT2D eigenvalue weighted by atomic mass is 10.0. The van der Waals surface area contributed by atoms with Crippen LogP contribution in [0.3, 0.4) is 0 Å². The van der Waals surface area contributed by atoms with Gasteiger partial charge in [-0.15, -0.1) is 0 Å². The quantitative estimate of drug-likeness (QED) is 0.661. The van der Waals surface area contributed by atoms with E-state index in [1.165, 1.54) is 38.3 Å². The van der Waals surface area contributed by atoms with Crippen LogP contribution >= 0.6 is 0 Å². The minimum absolute atomic E-state index is 0.0666. The van der Waals surface area contributed by atoms with Crippen LogP contribution in [-0.2, 0) is 10.1 Å².